The first-order chi connectivity index (χ1) is 8.97. The van der Waals surface area contributed by atoms with Crippen LogP contribution in [0.3, 0.4) is 0 Å². The first-order valence-electron chi connectivity index (χ1n) is 7.06. The third-order valence-electron chi connectivity index (χ3n) is 3.46. The minimum absolute atomic E-state index is 0.0264. The van der Waals surface area contributed by atoms with Crippen LogP contribution in [0.5, 0.6) is 0 Å². The standard InChI is InChI=1S/C15H27NO4/c1-14(2,3)11-9-8-10(12(17)19-7)16(11)13(18)20-15(4,5)6/h10-11H,8-9H2,1-7H3/t10-,11?/m0/s1. The molecule has 1 aliphatic rings. The van der Waals surface area contributed by atoms with Gasteiger partial charge in [0.25, 0.3) is 0 Å². The van der Waals surface area contributed by atoms with Gasteiger partial charge >= 0.3 is 12.1 Å². The minimum Gasteiger partial charge on any atom is -0.467 e. The van der Waals surface area contributed by atoms with Crippen molar-refractivity contribution < 1.29 is 19.1 Å². The Morgan fingerprint density at radius 2 is 1.60 bits per heavy atom. The summed E-state index contributed by atoms with van der Waals surface area (Å²) in [6.45, 7) is 11.7. The Balaban J connectivity index is 3.02. The predicted octanol–water partition coefficient (Wildman–Crippen LogP) is 2.97. The summed E-state index contributed by atoms with van der Waals surface area (Å²) in [6.07, 6.45) is 0.960. The van der Waals surface area contributed by atoms with Crippen LogP contribution in [-0.2, 0) is 14.3 Å². The number of hydrogen-bond donors (Lipinski definition) is 0. The minimum atomic E-state index is -0.581. The number of amides is 1. The third-order valence-corrected chi connectivity index (χ3v) is 3.46. The molecule has 0 saturated carbocycles. The zero-order valence-corrected chi connectivity index (χ0v) is 13.6. The smallest absolute Gasteiger partial charge is 0.411 e. The van der Waals surface area contributed by atoms with Gasteiger partial charge in [0.2, 0.25) is 0 Å². The second kappa shape index (κ2) is 5.62. The van der Waals surface area contributed by atoms with Gasteiger partial charge in [0.15, 0.2) is 0 Å². The van der Waals surface area contributed by atoms with Crippen molar-refractivity contribution in [2.75, 3.05) is 7.11 Å². The fraction of sp³-hybridized carbons (Fsp3) is 0.867. The van der Waals surface area contributed by atoms with Crippen molar-refractivity contribution in [1.29, 1.82) is 0 Å². The summed E-state index contributed by atoms with van der Waals surface area (Å²) in [4.78, 5) is 25.9. The third kappa shape index (κ3) is 3.87. The maximum absolute atomic E-state index is 12.4. The molecular weight excluding hydrogens is 258 g/mol. The summed E-state index contributed by atoms with van der Waals surface area (Å²) in [5.74, 6) is -0.373. The molecule has 1 fully saturated rings. The molecular formula is C15H27NO4. The van der Waals surface area contributed by atoms with E-state index >= 15 is 0 Å². The molecule has 0 spiro atoms. The molecule has 116 valence electrons. The Labute approximate surface area is 121 Å². The SMILES string of the molecule is COC(=O)[C@@H]1CCC(C(C)(C)C)N1C(=O)OC(C)(C)C. The summed E-state index contributed by atoms with van der Waals surface area (Å²) in [6, 6.07) is -0.569. The number of rotatable bonds is 1. The lowest BCUT2D eigenvalue weighted by Gasteiger charge is -2.37. The topological polar surface area (TPSA) is 55.8 Å². The van der Waals surface area contributed by atoms with Crippen LogP contribution in [0.1, 0.15) is 54.4 Å². The molecule has 1 amide bonds. The van der Waals surface area contributed by atoms with Gasteiger partial charge in [0.05, 0.1) is 7.11 Å². The first kappa shape index (κ1) is 16.8. The molecule has 1 heterocycles. The van der Waals surface area contributed by atoms with Crippen LogP contribution in [0.2, 0.25) is 0 Å². The highest BCUT2D eigenvalue weighted by Gasteiger charge is 2.47. The number of carbonyl (C=O) groups excluding carboxylic acids is 2. The van der Waals surface area contributed by atoms with Crippen LogP contribution in [-0.4, -0.2) is 41.8 Å². The van der Waals surface area contributed by atoms with E-state index in [0.29, 0.717) is 6.42 Å². The van der Waals surface area contributed by atoms with E-state index in [-0.39, 0.29) is 17.4 Å². The second-order valence-electron chi connectivity index (χ2n) is 7.39. The Hall–Kier alpha value is -1.26. The normalized spacial score (nSPS) is 23.6. The molecule has 20 heavy (non-hydrogen) atoms. The molecule has 1 aliphatic heterocycles. The highest BCUT2D eigenvalue weighted by atomic mass is 16.6. The summed E-state index contributed by atoms with van der Waals surface area (Å²) in [7, 11) is 1.35. The number of methoxy groups -OCH3 is 1. The van der Waals surface area contributed by atoms with Crippen molar-refractivity contribution in [3.63, 3.8) is 0 Å². The molecule has 1 rings (SSSR count). The molecule has 0 aromatic heterocycles. The van der Waals surface area contributed by atoms with Gasteiger partial charge < -0.3 is 9.47 Å². The number of carbonyl (C=O) groups is 2. The van der Waals surface area contributed by atoms with E-state index in [1.807, 2.05) is 20.8 Å². The molecule has 5 nitrogen and oxygen atoms in total. The molecule has 0 aromatic carbocycles. The maximum atomic E-state index is 12.4. The average Bonchev–Trinajstić information content (AvgIpc) is 2.69. The number of likely N-dealkylation sites (tertiary alicyclic amines) is 1. The molecule has 0 N–H and O–H groups in total. The van der Waals surface area contributed by atoms with Gasteiger partial charge in [-0.05, 0) is 39.0 Å². The lowest BCUT2D eigenvalue weighted by molar-refractivity contribution is -0.146. The fourth-order valence-electron chi connectivity index (χ4n) is 2.60. The Morgan fingerprint density at radius 3 is 2.00 bits per heavy atom. The Morgan fingerprint density at radius 1 is 1.05 bits per heavy atom. The Kier molecular flexibility index (Phi) is 4.72. The van der Waals surface area contributed by atoms with Gasteiger partial charge in [-0.25, -0.2) is 9.59 Å². The van der Waals surface area contributed by atoms with Crippen LogP contribution in [0, 0.1) is 5.41 Å². The quantitative estimate of drug-likeness (QED) is 0.695. The van der Waals surface area contributed by atoms with Crippen molar-refractivity contribution >= 4 is 12.1 Å². The number of hydrogen-bond acceptors (Lipinski definition) is 4. The largest absolute Gasteiger partial charge is 0.467 e. The monoisotopic (exact) mass is 285 g/mol. The predicted molar refractivity (Wildman–Crippen MR) is 76.4 cm³/mol. The van der Waals surface area contributed by atoms with Gasteiger partial charge in [-0.2, -0.15) is 0 Å². The van der Waals surface area contributed by atoms with E-state index in [1.54, 1.807) is 4.90 Å². The lowest BCUT2D eigenvalue weighted by Crippen LogP contribution is -2.51. The summed E-state index contributed by atoms with van der Waals surface area (Å²) in [5, 5.41) is 0. The van der Waals surface area contributed by atoms with Crippen LogP contribution in [0.4, 0.5) is 4.79 Å². The van der Waals surface area contributed by atoms with E-state index in [0.717, 1.165) is 6.42 Å². The van der Waals surface area contributed by atoms with Crippen molar-refractivity contribution in [3.05, 3.63) is 0 Å². The Bertz CT molecular complexity index is 378. The van der Waals surface area contributed by atoms with Gasteiger partial charge in [0, 0.05) is 6.04 Å². The number of nitrogens with zero attached hydrogens (tertiary/aromatic N) is 1. The van der Waals surface area contributed by atoms with Gasteiger partial charge in [-0.1, -0.05) is 20.8 Å². The lowest BCUT2D eigenvalue weighted by atomic mass is 9.85. The van der Waals surface area contributed by atoms with Crippen LogP contribution in [0.15, 0.2) is 0 Å². The second-order valence-corrected chi connectivity index (χ2v) is 7.39. The van der Waals surface area contributed by atoms with Crippen molar-refractivity contribution in [2.24, 2.45) is 5.41 Å². The highest BCUT2D eigenvalue weighted by Crippen LogP contribution is 2.37. The van der Waals surface area contributed by atoms with Crippen LogP contribution in [0.25, 0.3) is 0 Å². The highest BCUT2D eigenvalue weighted by molar-refractivity contribution is 5.82. The van der Waals surface area contributed by atoms with E-state index in [2.05, 4.69) is 20.8 Å². The maximum Gasteiger partial charge on any atom is 0.411 e. The van der Waals surface area contributed by atoms with Crippen molar-refractivity contribution in [2.45, 2.75) is 72.1 Å². The van der Waals surface area contributed by atoms with E-state index in [1.165, 1.54) is 7.11 Å². The molecule has 0 aromatic rings. The molecule has 0 bridgehead atoms. The van der Waals surface area contributed by atoms with E-state index in [9.17, 15) is 9.59 Å². The average molecular weight is 285 g/mol. The molecule has 1 unspecified atom stereocenters. The number of esters is 1. The van der Waals surface area contributed by atoms with Gasteiger partial charge in [-0.15, -0.1) is 0 Å². The van der Waals surface area contributed by atoms with E-state index in [4.69, 9.17) is 9.47 Å². The van der Waals surface area contributed by atoms with E-state index < -0.39 is 17.7 Å². The van der Waals surface area contributed by atoms with Crippen LogP contribution >= 0.6 is 0 Å². The van der Waals surface area contributed by atoms with Gasteiger partial charge in [0.1, 0.15) is 11.6 Å². The molecule has 0 radical (unpaired) electrons. The number of ether oxygens (including phenoxy) is 2. The molecule has 2 atom stereocenters. The summed E-state index contributed by atoms with van der Waals surface area (Å²) in [5.41, 5.74) is -0.692. The first-order valence-corrected chi connectivity index (χ1v) is 7.06. The summed E-state index contributed by atoms with van der Waals surface area (Å²) < 4.78 is 10.3. The van der Waals surface area contributed by atoms with Gasteiger partial charge in [-0.3, -0.25) is 4.90 Å². The molecule has 0 aliphatic carbocycles. The fourth-order valence-corrected chi connectivity index (χ4v) is 2.60. The van der Waals surface area contributed by atoms with Crippen LogP contribution < -0.4 is 0 Å². The molecule has 1 saturated heterocycles. The molecule has 5 heteroatoms. The van der Waals surface area contributed by atoms with Crippen molar-refractivity contribution in [1.82, 2.24) is 4.90 Å². The van der Waals surface area contributed by atoms with Crippen molar-refractivity contribution in [3.8, 4) is 0 Å². The zero-order valence-electron chi connectivity index (χ0n) is 13.6. The zero-order chi connectivity index (χ0) is 15.7. The summed E-state index contributed by atoms with van der Waals surface area (Å²) >= 11 is 0.